The molecule has 0 aliphatic carbocycles. The van der Waals surface area contributed by atoms with Gasteiger partial charge in [0.05, 0.1) is 88.8 Å². The molecule has 0 saturated carbocycles. The van der Waals surface area contributed by atoms with Gasteiger partial charge in [0.2, 0.25) is 47.3 Å². The summed E-state index contributed by atoms with van der Waals surface area (Å²) in [4.78, 5) is 149. The second kappa shape index (κ2) is 47.6. The summed E-state index contributed by atoms with van der Waals surface area (Å²) < 4.78 is 81.4. The topological polar surface area (TPSA) is 436 Å². The number of hydrogen-bond acceptors (Lipinski definition) is 22. The Bertz CT molecular complexity index is 3400. The smallest absolute Gasteiger partial charge is 0.347 e. The van der Waals surface area contributed by atoms with Gasteiger partial charge in [0.15, 0.2) is 12.2 Å². The van der Waals surface area contributed by atoms with E-state index in [9.17, 15) is 66.3 Å². The molecule has 4 rings (SSSR count). The highest BCUT2D eigenvalue weighted by Crippen LogP contribution is 2.45. The number of esters is 2. The minimum absolute atomic E-state index is 0.0114. The van der Waals surface area contributed by atoms with Crippen LogP contribution >= 0.6 is 11.6 Å². The molecule has 0 bridgehead atoms. The predicted octanol–water partition coefficient (Wildman–Crippen LogP) is 3.40. The molecule has 598 valence electrons. The SMILES string of the molecule is C=CCOC(CN(CCC(=O)N[C@H](C(=O)N[C@@H](CCCCNC(=O)CCOCCOCCOCCOC)C(=O)NCc1ccc([C@H]2O[C@@H]2[C@@H](C)[C@@H]2C/C=C/C(=O)N[C@H](Cc3ccc(OC)c(Cl)c3)C(=O)NCC(C)(C)C(=O)O[C@@H](CC(C)C)C(=O)O2)cc1)C(C)C)C(=O)CCC(=O)NCCS(=O)(=O)O)C(=O)O. The molecular weight excluding hydrogens is 1440 g/mol. The van der Waals surface area contributed by atoms with Crippen LogP contribution in [0.1, 0.15) is 129 Å². The Morgan fingerprint density at radius 1 is 0.794 bits per heavy atom. The molecule has 1 saturated heterocycles. The largest absolute Gasteiger partial charge is 0.495 e. The van der Waals surface area contributed by atoms with E-state index in [0.717, 1.165) is 10.5 Å². The van der Waals surface area contributed by atoms with Crippen LogP contribution in [0.5, 0.6) is 5.75 Å². The van der Waals surface area contributed by atoms with E-state index in [0.29, 0.717) is 67.8 Å². The number of unbranched alkanes of at least 4 members (excludes halogenated alkanes) is 1. The number of nitrogens with one attached hydrogen (secondary N) is 7. The molecule has 8 amide bonds. The highest BCUT2D eigenvalue weighted by Gasteiger charge is 2.48. The average molecular weight is 1550 g/mol. The molecule has 0 spiro atoms. The Balaban J connectivity index is 1.49. The van der Waals surface area contributed by atoms with Gasteiger partial charge in [0, 0.05) is 84.3 Å². The van der Waals surface area contributed by atoms with Crippen molar-refractivity contribution in [2.75, 3.05) is 106 Å². The van der Waals surface area contributed by atoms with E-state index in [-0.39, 0.29) is 83.4 Å². The quantitative estimate of drug-likeness (QED) is 0.0151. The van der Waals surface area contributed by atoms with Crippen LogP contribution in [0.4, 0.5) is 0 Å². The average Bonchev–Trinajstić information content (AvgIpc) is 1.64. The van der Waals surface area contributed by atoms with Crippen molar-refractivity contribution in [3.05, 3.63) is 89.0 Å². The zero-order valence-corrected chi connectivity index (χ0v) is 64.2. The molecule has 34 heteroatoms. The van der Waals surface area contributed by atoms with Gasteiger partial charge in [0.1, 0.15) is 36.1 Å². The van der Waals surface area contributed by atoms with E-state index >= 15 is 0 Å². The lowest BCUT2D eigenvalue weighted by Crippen LogP contribution is -2.55. The number of halogens is 1. The molecule has 0 aromatic heterocycles. The third kappa shape index (κ3) is 35.2. The molecule has 2 aromatic carbocycles. The van der Waals surface area contributed by atoms with Crippen molar-refractivity contribution in [2.24, 2.45) is 23.2 Å². The zero-order valence-electron chi connectivity index (χ0n) is 62.6. The third-order valence-electron chi connectivity index (χ3n) is 17.1. The van der Waals surface area contributed by atoms with Crippen LogP contribution in [0.3, 0.4) is 0 Å². The first-order valence-corrected chi connectivity index (χ1v) is 37.8. The molecule has 1 fully saturated rings. The number of carbonyl (C=O) groups is 11. The zero-order chi connectivity index (χ0) is 79.2. The van der Waals surface area contributed by atoms with Crippen molar-refractivity contribution >= 4 is 86.9 Å². The van der Waals surface area contributed by atoms with Gasteiger partial charge in [-0.25, -0.2) is 9.59 Å². The molecular formula is C73H109ClN8O24S. The maximum absolute atomic E-state index is 14.3. The van der Waals surface area contributed by atoms with E-state index in [4.69, 9.17) is 58.8 Å². The first-order chi connectivity index (χ1) is 50.7. The minimum atomic E-state index is -4.39. The van der Waals surface area contributed by atoms with Crippen molar-refractivity contribution in [3.8, 4) is 5.75 Å². The number of rotatable bonds is 47. The number of nitrogens with zero attached hydrogens (tertiary/aromatic N) is 1. The molecule has 2 aliphatic heterocycles. The summed E-state index contributed by atoms with van der Waals surface area (Å²) >= 11 is 6.41. The molecule has 0 radical (unpaired) electrons. The van der Waals surface area contributed by atoms with Crippen molar-refractivity contribution in [1.82, 2.24) is 42.1 Å². The number of cyclic esters (lactones) is 2. The summed E-state index contributed by atoms with van der Waals surface area (Å²) in [6.45, 7) is 16.3. The van der Waals surface area contributed by atoms with Gasteiger partial charge in [-0.2, -0.15) is 8.42 Å². The van der Waals surface area contributed by atoms with Gasteiger partial charge in [-0.05, 0) is 86.3 Å². The summed E-state index contributed by atoms with van der Waals surface area (Å²) in [5.74, 6) is -9.59. The van der Waals surface area contributed by atoms with Crippen molar-refractivity contribution in [2.45, 2.75) is 168 Å². The lowest BCUT2D eigenvalue weighted by Gasteiger charge is -2.29. The molecule has 107 heavy (non-hydrogen) atoms. The molecule has 2 aromatic rings. The second-order valence-corrected chi connectivity index (χ2v) is 29.2. The van der Waals surface area contributed by atoms with Crippen LogP contribution in [0.15, 0.2) is 67.3 Å². The first kappa shape index (κ1) is 91.2. The Kier molecular flexibility index (Phi) is 40.6. The minimum Gasteiger partial charge on any atom is -0.495 e. The Labute approximate surface area is 630 Å². The van der Waals surface area contributed by atoms with Gasteiger partial charge < -0.3 is 89.9 Å². The third-order valence-corrected chi connectivity index (χ3v) is 18.1. The standard InChI is InChI=1S/C73H109ClN8O24S/c1-11-31-103-58(70(91)92)44-82(63(87)25-24-59(83)76-29-39-107(95,96)97)30-26-62(86)81-64(47(4)5)69(90)80-53(15-12-13-28-75-60(84)27-32-100-35-36-102-38-37-101-34-33-98-9)67(88)77-43-49-18-21-51(22-19-49)66-65(106-66)48(6)55-16-14-17-61(85)79-54(42-50-20-23-56(99-10)52(74)41-50)68(89)78-45-73(7,8)72(94)105-57(40-46(2)3)71(93)104-55/h11,14,17-23,41,46-48,53-55,57-58,64-66H,1,12-13,15-16,24-40,42-45H2,2-10H3,(H,75,84)(H,76,83)(H,77,88)(H,78,89)(H,79,85)(H,80,90)(H,81,86)(H,91,92)(H,95,96,97)/b17-14+/t48-,53-,54+,55-,57-,58?,64-,65+,66+/m0/s1. The number of epoxide rings is 1. The molecule has 2 aliphatic rings. The summed E-state index contributed by atoms with van der Waals surface area (Å²) in [6, 6.07) is 8.62. The van der Waals surface area contributed by atoms with E-state index in [1.54, 1.807) is 65.1 Å². The summed E-state index contributed by atoms with van der Waals surface area (Å²) in [6.07, 6.45) is -1.08. The number of aliphatic carboxylic acids is 1. The molecule has 32 nitrogen and oxygen atoms in total. The Morgan fingerprint density at radius 3 is 2.07 bits per heavy atom. The van der Waals surface area contributed by atoms with Gasteiger partial charge in [-0.1, -0.05) is 88.7 Å². The number of benzene rings is 2. The van der Waals surface area contributed by atoms with E-state index in [1.807, 2.05) is 32.9 Å². The van der Waals surface area contributed by atoms with Gasteiger partial charge in [-0.15, -0.1) is 6.58 Å². The van der Waals surface area contributed by atoms with Crippen molar-refractivity contribution in [1.29, 1.82) is 0 Å². The van der Waals surface area contributed by atoms with Crippen LogP contribution < -0.4 is 42.0 Å². The lowest BCUT2D eigenvalue weighted by molar-refractivity contribution is -0.179. The van der Waals surface area contributed by atoms with Crippen molar-refractivity contribution in [3.63, 3.8) is 0 Å². The number of amides is 8. The highest BCUT2D eigenvalue weighted by atomic mass is 35.5. The molecule has 9 N–H and O–H groups in total. The highest BCUT2D eigenvalue weighted by molar-refractivity contribution is 7.85. The van der Waals surface area contributed by atoms with Crippen LogP contribution in [0.25, 0.3) is 0 Å². The fourth-order valence-corrected chi connectivity index (χ4v) is 11.5. The summed E-state index contributed by atoms with van der Waals surface area (Å²) in [5, 5.41) is 29.1. The number of hydrogen-bond donors (Lipinski definition) is 9. The molecule has 9 atom stereocenters. The monoisotopic (exact) mass is 1550 g/mol. The van der Waals surface area contributed by atoms with Crippen molar-refractivity contribution < 1.29 is 113 Å². The Hall–Kier alpha value is -8.15. The van der Waals surface area contributed by atoms with Gasteiger partial charge >= 0.3 is 17.9 Å². The van der Waals surface area contributed by atoms with Crippen LogP contribution in [-0.4, -0.2) is 236 Å². The van der Waals surface area contributed by atoms with E-state index in [2.05, 4.69) is 43.8 Å². The van der Waals surface area contributed by atoms with Crippen LogP contribution in [-0.2, 0) is 114 Å². The predicted molar refractivity (Wildman–Crippen MR) is 390 cm³/mol. The number of methoxy groups -OCH3 is 2. The number of carboxylic acid groups (broad SMARTS) is 1. The fourth-order valence-electron chi connectivity index (χ4n) is 10.8. The maximum Gasteiger partial charge on any atom is 0.347 e. The summed E-state index contributed by atoms with van der Waals surface area (Å²) in [7, 11) is -1.34. The lowest BCUT2D eigenvalue weighted by atomic mass is 9.92. The normalized spacial score (nSPS) is 19.1. The second-order valence-electron chi connectivity index (χ2n) is 27.3. The number of carboxylic acids is 1. The van der Waals surface area contributed by atoms with Gasteiger partial charge in [-0.3, -0.25) is 47.7 Å². The van der Waals surface area contributed by atoms with E-state index < -0.39 is 180 Å². The first-order valence-electron chi connectivity index (χ1n) is 35.8. The number of carbonyl (C=O) groups excluding carboxylic acids is 10. The van der Waals surface area contributed by atoms with Crippen LogP contribution in [0.2, 0.25) is 5.02 Å². The number of ether oxygens (including phenoxy) is 9. The van der Waals surface area contributed by atoms with Gasteiger partial charge in [0.25, 0.3) is 10.1 Å². The van der Waals surface area contributed by atoms with E-state index in [1.165, 1.54) is 25.3 Å². The Morgan fingerprint density at radius 2 is 1.45 bits per heavy atom. The van der Waals surface area contributed by atoms with Crippen LogP contribution in [0, 0.1) is 23.2 Å². The summed E-state index contributed by atoms with van der Waals surface area (Å²) in [5.41, 5.74) is 0.680. The maximum atomic E-state index is 14.3. The fraction of sp³-hybridized carbons (Fsp3) is 0.630. The molecule has 2 heterocycles. The molecule has 1 unspecified atom stereocenters.